The lowest BCUT2D eigenvalue weighted by Crippen LogP contribution is -2.28. The Labute approximate surface area is 183 Å². The van der Waals surface area contributed by atoms with E-state index in [0.29, 0.717) is 6.42 Å². The smallest absolute Gasteiger partial charge is 0.341 e. The lowest BCUT2D eigenvalue weighted by molar-refractivity contribution is -0.139. The molecule has 0 fully saturated rings. The third-order valence-electron chi connectivity index (χ3n) is 5.76. The van der Waals surface area contributed by atoms with Crippen LogP contribution in [0.4, 0.5) is 13.2 Å². The molecule has 0 bridgehead atoms. The topological polar surface area (TPSA) is 50.5 Å². The van der Waals surface area contributed by atoms with Gasteiger partial charge in [-0.25, -0.2) is 9.50 Å². The summed E-state index contributed by atoms with van der Waals surface area (Å²) < 4.78 is 41.5. The number of hydrogen-bond acceptors (Lipinski definition) is 3. The van der Waals surface area contributed by atoms with Crippen molar-refractivity contribution in [3.8, 4) is 0 Å². The van der Waals surface area contributed by atoms with Gasteiger partial charge in [0.2, 0.25) is 5.91 Å². The molecule has 2 heterocycles. The van der Waals surface area contributed by atoms with Crippen molar-refractivity contribution in [1.29, 1.82) is 0 Å². The fourth-order valence-electron chi connectivity index (χ4n) is 4.04. The van der Waals surface area contributed by atoms with Crippen LogP contribution in [0, 0.1) is 13.8 Å². The summed E-state index contributed by atoms with van der Waals surface area (Å²) in [4.78, 5) is 18.8. The number of nitrogens with zero attached hydrogens (tertiary/aromatic N) is 4. The van der Waals surface area contributed by atoms with Gasteiger partial charge in [-0.15, -0.1) is 0 Å². The Morgan fingerprint density at radius 1 is 1.06 bits per heavy atom. The molecule has 8 heteroatoms. The molecule has 0 aliphatic heterocycles. The standard InChI is InChI=1S/C24H23F3N4O/c1-15-18(16(2)31-23(28-15)19-9-5-7-11-21(19)29-31)12-13-22(32)30(3)14-17-8-4-6-10-20(17)24(25,26)27/h4-11H,12-14H2,1-3H3. The van der Waals surface area contributed by atoms with Crippen molar-refractivity contribution in [2.75, 3.05) is 7.05 Å². The Kier molecular flexibility index (Phi) is 5.62. The molecule has 4 rings (SSSR count). The molecule has 0 atom stereocenters. The van der Waals surface area contributed by atoms with Crippen molar-refractivity contribution in [1.82, 2.24) is 19.5 Å². The van der Waals surface area contributed by atoms with Crippen molar-refractivity contribution in [2.24, 2.45) is 0 Å². The molecule has 0 aliphatic rings. The fraction of sp³-hybridized carbons (Fsp3) is 0.292. The first-order valence-corrected chi connectivity index (χ1v) is 10.3. The number of benzene rings is 2. The Bertz CT molecular complexity index is 1310. The zero-order valence-corrected chi connectivity index (χ0v) is 18.1. The summed E-state index contributed by atoms with van der Waals surface area (Å²) in [5.74, 6) is -0.230. The maximum atomic E-state index is 13.2. The molecule has 4 aromatic rings. The Morgan fingerprint density at radius 2 is 1.75 bits per heavy atom. The van der Waals surface area contributed by atoms with Crippen LogP contribution in [0.3, 0.4) is 0 Å². The Hall–Kier alpha value is -3.42. The molecule has 2 aromatic carbocycles. The van der Waals surface area contributed by atoms with E-state index < -0.39 is 11.7 Å². The molecule has 0 radical (unpaired) electrons. The van der Waals surface area contributed by atoms with Crippen molar-refractivity contribution in [2.45, 2.75) is 39.4 Å². The molecular formula is C24H23F3N4O. The van der Waals surface area contributed by atoms with Gasteiger partial charge in [0.05, 0.1) is 11.1 Å². The Morgan fingerprint density at radius 3 is 2.50 bits per heavy atom. The van der Waals surface area contributed by atoms with Crippen LogP contribution < -0.4 is 0 Å². The van der Waals surface area contributed by atoms with Crippen molar-refractivity contribution < 1.29 is 18.0 Å². The van der Waals surface area contributed by atoms with Crippen LogP contribution >= 0.6 is 0 Å². The predicted octanol–water partition coefficient (Wildman–Crippen LogP) is 5.11. The number of aromatic nitrogens is 3. The van der Waals surface area contributed by atoms with Gasteiger partial charge in [-0.2, -0.15) is 18.3 Å². The number of aryl methyl sites for hydroxylation is 2. The molecule has 0 N–H and O–H groups in total. The number of carbonyl (C=O) groups is 1. The predicted molar refractivity (Wildman–Crippen MR) is 116 cm³/mol. The monoisotopic (exact) mass is 440 g/mol. The average Bonchev–Trinajstić information content (AvgIpc) is 3.12. The van der Waals surface area contributed by atoms with Gasteiger partial charge in [0, 0.05) is 36.8 Å². The first-order chi connectivity index (χ1) is 15.2. The Balaban J connectivity index is 1.52. The average molecular weight is 440 g/mol. The highest BCUT2D eigenvalue weighted by molar-refractivity contribution is 5.92. The van der Waals surface area contributed by atoms with E-state index in [-0.39, 0.29) is 24.4 Å². The summed E-state index contributed by atoms with van der Waals surface area (Å²) in [6.45, 7) is 3.74. The number of hydrogen-bond donors (Lipinski definition) is 0. The number of rotatable bonds is 5. The summed E-state index contributed by atoms with van der Waals surface area (Å²) in [5.41, 5.74) is 3.62. The molecular weight excluding hydrogens is 417 g/mol. The molecule has 32 heavy (non-hydrogen) atoms. The largest absolute Gasteiger partial charge is 0.416 e. The van der Waals surface area contributed by atoms with Gasteiger partial charge in [0.25, 0.3) is 0 Å². The van der Waals surface area contributed by atoms with E-state index in [1.807, 2.05) is 38.1 Å². The molecule has 0 saturated heterocycles. The van der Waals surface area contributed by atoms with E-state index >= 15 is 0 Å². The highest BCUT2D eigenvalue weighted by atomic mass is 19.4. The van der Waals surface area contributed by atoms with Gasteiger partial charge in [-0.05, 0) is 49.6 Å². The highest BCUT2D eigenvalue weighted by Gasteiger charge is 2.33. The summed E-state index contributed by atoms with van der Waals surface area (Å²) in [6.07, 6.45) is -3.86. The molecule has 5 nitrogen and oxygen atoms in total. The molecule has 0 saturated carbocycles. The van der Waals surface area contributed by atoms with Crippen LogP contribution in [0.5, 0.6) is 0 Å². The second kappa shape index (κ2) is 8.26. The summed E-state index contributed by atoms with van der Waals surface area (Å²) in [6, 6.07) is 13.1. The van der Waals surface area contributed by atoms with E-state index in [0.717, 1.165) is 39.6 Å². The van der Waals surface area contributed by atoms with Gasteiger partial charge in [-0.1, -0.05) is 30.3 Å². The van der Waals surface area contributed by atoms with Gasteiger partial charge in [0.15, 0.2) is 5.65 Å². The second-order valence-electron chi connectivity index (χ2n) is 7.92. The number of halogens is 3. The molecule has 1 amide bonds. The number of fused-ring (bicyclic) bond motifs is 3. The zero-order valence-electron chi connectivity index (χ0n) is 18.1. The summed E-state index contributed by atoms with van der Waals surface area (Å²) in [7, 11) is 1.52. The van der Waals surface area contributed by atoms with Crippen LogP contribution in [-0.4, -0.2) is 32.5 Å². The summed E-state index contributed by atoms with van der Waals surface area (Å²) in [5, 5.41) is 5.58. The fourth-order valence-corrected chi connectivity index (χ4v) is 4.04. The molecule has 0 spiro atoms. The van der Waals surface area contributed by atoms with E-state index in [9.17, 15) is 18.0 Å². The van der Waals surface area contributed by atoms with Crippen LogP contribution in [0.25, 0.3) is 16.6 Å². The van der Waals surface area contributed by atoms with E-state index in [4.69, 9.17) is 4.98 Å². The SMILES string of the molecule is Cc1nc2c3ccccc3nn2c(C)c1CCC(=O)N(C)Cc1ccccc1C(F)(F)F. The lowest BCUT2D eigenvalue weighted by Gasteiger charge is -2.20. The van der Waals surface area contributed by atoms with Crippen LogP contribution in [0.2, 0.25) is 0 Å². The van der Waals surface area contributed by atoms with E-state index in [1.165, 1.54) is 24.1 Å². The zero-order chi connectivity index (χ0) is 23.0. The molecule has 2 aromatic heterocycles. The maximum Gasteiger partial charge on any atom is 0.416 e. The van der Waals surface area contributed by atoms with Crippen LogP contribution in [0.1, 0.15) is 34.5 Å². The minimum absolute atomic E-state index is 0.0783. The minimum Gasteiger partial charge on any atom is -0.341 e. The van der Waals surface area contributed by atoms with Crippen molar-refractivity contribution in [3.63, 3.8) is 0 Å². The normalized spacial score (nSPS) is 11.9. The molecule has 0 aliphatic carbocycles. The lowest BCUT2D eigenvalue weighted by atomic mass is 10.0. The van der Waals surface area contributed by atoms with Crippen LogP contribution in [0.15, 0.2) is 48.5 Å². The number of alkyl halides is 3. The second-order valence-corrected chi connectivity index (χ2v) is 7.92. The van der Waals surface area contributed by atoms with Crippen molar-refractivity contribution >= 4 is 22.5 Å². The van der Waals surface area contributed by atoms with Crippen LogP contribution in [-0.2, 0) is 23.9 Å². The molecule has 166 valence electrons. The quantitative estimate of drug-likeness (QED) is 0.433. The number of carbonyl (C=O) groups excluding carboxylic acids is 1. The van der Waals surface area contributed by atoms with Gasteiger partial charge in [-0.3, -0.25) is 4.79 Å². The third-order valence-corrected chi connectivity index (χ3v) is 5.76. The van der Waals surface area contributed by atoms with Gasteiger partial charge >= 0.3 is 6.18 Å². The first-order valence-electron chi connectivity index (χ1n) is 10.3. The van der Waals surface area contributed by atoms with Crippen molar-refractivity contribution in [3.05, 3.63) is 76.6 Å². The summed E-state index contributed by atoms with van der Waals surface area (Å²) >= 11 is 0. The molecule has 0 unspecified atom stereocenters. The van der Waals surface area contributed by atoms with E-state index in [1.54, 1.807) is 10.6 Å². The number of amides is 1. The van der Waals surface area contributed by atoms with Gasteiger partial charge < -0.3 is 4.90 Å². The van der Waals surface area contributed by atoms with E-state index in [2.05, 4.69) is 5.10 Å². The minimum atomic E-state index is -4.46. The third kappa shape index (κ3) is 4.04. The first kappa shape index (κ1) is 21.8. The maximum absolute atomic E-state index is 13.2. The highest BCUT2D eigenvalue weighted by Crippen LogP contribution is 2.32. The van der Waals surface area contributed by atoms with Gasteiger partial charge in [0.1, 0.15) is 0 Å².